The summed E-state index contributed by atoms with van der Waals surface area (Å²) in [6.07, 6.45) is 2.44. The fourth-order valence-corrected chi connectivity index (χ4v) is 3.49. The number of aromatic nitrogens is 3. The number of carbonyl (C=O) groups excluding carboxylic acids is 1. The van der Waals surface area contributed by atoms with Gasteiger partial charge in [0.25, 0.3) is 0 Å². The molecule has 0 bridgehead atoms. The number of hydrogen-bond acceptors (Lipinski definition) is 4. The van der Waals surface area contributed by atoms with Gasteiger partial charge in [-0.15, -0.1) is 0 Å². The fraction of sp³-hybridized carbons (Fsp3) is 0.286. The van der Waals surface area contributed by atoms with Crippen LogP contribution in [0.5, 0.6) is 5.88 Å². The van der Waals surface area contributed by atoms with Crippen molar-refractivity contribution in [2.75, 3.05) is 6.54 Å². The van der Waals surface area contributed by atoms with Gasteiger partial charge in [0.1, 0.15) is 18.1 Å². The zero-order valence-electron chi connectivity index (χ0n) is 15.6. The molecule has 0 N–H and O–H groups in total. The number of pyridine rings is 1. The van der Waals surface area contributed by atoms with Crippen molar-refractivity contribution in [2.24, 2.45) is 7.05 Å². The van der Waals surface area contributed by atoms with Crippen LogP contribution in [0, 0.1) is 5.82 Å². The van der Waals surface area contributed by atoms with Gasteiger partial charge in [0.2, 0.25) is 11.8 Å². The van der Waals surface area contributed by atoms with E-state index in [1.165, 1.54) is 6.07 Å². The minimum absolute atomic E-state index is 0.0576. The van der Waals surface area contributed by atoms with E-state index < -0.39 is 0 Å². The topological polar surface area (TPSA) is 60.2 Å². The molecule has 0 fully saturated rings. The summed E-state index contributed by atoms with van der Waals surface area (Å²) in [4.78, 5) is 18.6. The molecule has 1 aliphatic heterocycles. The number of fused-ring (bicyclic) bond motifs is 1. The minimum atomic E-state index is -0.348. The maximum Gasteiger partial charge on any atom is 0.227 e. The third kappa shape index (κ3) is 3.74. The lowest BCUT2D eigenvalue weighted by molar-refractivity contribution is -0.131. The molecular weight excluding hydrogens is 359 g/mol. The van der Waals surface area contributed by atoms with Crippen LogP contribution in [0.1, 0.15) is 22.5 Å². The summed E-state index contributed by atoms with van der Waals surface area (Å²) in [6, 6.07) is 11.9. The summed E-state index contributed by atoms with van der Waals surface area (Å²) in [5.41, 5.74) is 3.33. The molecule has 2 aromatic heterocycles. The van der Waals surface area contributed by atoms with E-state index in [1.54, 1.807) is 35.4 Å². The molecule has 144 valence electrons. The van der Waals surface area contributed by atoms with Crippen molar-refractivity contribution in [3.05, 3.63) is 77.0 Å². The lowest BCUT2D eigenvalue weighted by atomic mass is 10.0. The Morgan fingerprint density at radius 3 is 2.82 bits per heavy atom. The highest BCUT2D eigenvalue weighted by molar-refractivity contribution is 5.79. The van der Waals surface area contributed by atoms with Gasteiger partial charge in [-0.3, -0.25) is 9.48 Å². The van der Waals surface area contributed by atoms with Gasteiger partial charge in [-0.1, -0.05) is 24.3 Å². The summed E-state index contributed by atoms with van der Waals surface area (Å²) in [6.45, 7) is 1.34. The molecule has 7 heteroatoms. The van der Waals surface area contributed by atoms with Crippen molar-refractivity contribution in [3.8, 4) is 5.88 Å². The van der Waals surface area contributed by atoms with Gasteiger partial charge in [0.15, 0.2) is 0 Å². The average Bonchev–Trinajstić information content (AvgIpc) is 3.04. The first-order valence-corrected chi connectivity index (χ1v) is 9.20. The number of hydrogen-bond donors (Lipinski definition) is 0. The Hall–Kier alpha value is -3.22. The Labute approximate surface area is 162 Å². The lowest BCUT2D eigenvalue weighted by Gasteiger charge is -2.28. The molecular formula is C21H21FN4O2. The minimum Gasteiger partial charge on any atom is -0.471 e. The van der Waals surface area contributed by atoms with Gasteiger partial charge >= 0.3 is 0 Å². The van der Waals surface area contributed by atoms with Crippen LogP contribution in [0.25, 0.3) is 0 Å². The third-order valence-corrected chi connectivity index (χ3v) is 4.97. The molecule has 0 atom stereocenters. The predicted molar refractivity (Wildman–Crippen MR) is 101 cm³/mol. The molecule has 1 amide bonds. The van der Waals surface area contributed by atoms with Crippen LogP contribution in [0.4, 0.5) is 4.39 Å². The van der Waals surface area contributed by atoms with Crippen molar-refractivity contribution in [2.45, 2.75) is 26.0 Å². The van der Waals surface area contributed by atoms with Gasteiger partial charge in [0, 0.05) is 50.1 Å². The Bertz CT molecular complexity index is 987. The summed E-state index contributed by atoms with van der Waals surface area (Å²) in [5, 5.41) is 4.57. The predicted octanol–water partition coefficient (Wildman–Crippen LogP) is 2.66. The Kier molecular flexibility index (Phi) is 5.06. The summed E-state index contributed by atoms with van der Waals surface area (Å²) in [5.74, 6) is 0.0979. The van der Waals surface area contributed by atoms with Crippen molar-refractivity contribution < 1.29 is 13.9 Å². The normalized spacial score (nSPS) is 13.3. The first kappa shape index (κ1) is 18.2. The number of rotatable bonds is 5. The van der Waals surface area contributed by atoms with Crippen molar-refractivity contribution in [3.63, 3.8) is 0 Å². The van der Waals surface area contributed by atoms with Crippen LogP contribution >= 0.6 is 0 Å². The quantitative estimate of drug-likeness (QED) is 0.683. The molecule has 6 nitrogen and oxygen atoms in total. The van der Waals surface area contributed by atoms with Gasteiger partial charge in [0.05, 0.1) is 6.42 Å². The number of aryl methyl sites for hydroxylation is 1. The number of ether oxygens (including phenoxy) is 1. The van der Waals surface area contributed by atoms with Crippen LogP contribution in [0.2, 0.25) is 0 Å². The van der Waals surface area contributed by atoms with E-state index in [2.05, 4.69) is 10.1 Å². The zero-order chi connectivity index (χ0) is 19.5. The number of benzene rings is 1. The molecule has 1 aliphatic rings. The van der Waals surface area contributed by atoms with Crippen LogP contribution in [0.3, 0.4) is 0 Å². The maximum absolute atomic E-state index is 13.9. The standard InChI is InChI=1S/C21H21FN4O2/c1-25-19-9-11-26(21(27)12-15-6-2-3-7-17(15)22)13-16(19)18(24-25)14-28-20-8-4-5-10-23-20/h2-8,10H,9,11-14H2,1H3. The maximum atomic E-state index is 13.9. The van der Waals surface area contributed by atoms with E-state index in [4.69, 9.17) is 4.74 Å². The molecule has 0 saturated heterocycles. The number of amides is 1. The Balaban J connectivity index is 1.48. The number of carbonyl (C=O) groups is 1. The summed E-state index contributed by atoms with van der Waals surface area (Å²) < 4.78 is 21.5. The SMILES string of the molecule is Cn1nc(COc2ccccn2)c2c1CCN(C(=O)Cc1ccccc1F)C2. The molecule has 0 radical (unpaired) electrons. The van der Waals surface area contributed by atoms with Crippen LogP contribution < -0.4 is 4.74 Å². The van der Waals surface area contributed by atoms with Crippen LogP contribution in [-0.2, 0) is 37.8 Å². The third-order valence-electron chi connectivity index (χ3n) is 4.97. The molecule has 0 aliphatic carbocycles. The van der Waals surface area contributed by atoms with E-state index in [9.17, 15) is 9.18 Å². The van der Waals surface area contributed by atoms with E-state index in [0.717, 1.165) is 17.0 Å². The van der Waals surface area contributed by atoms with Gasteiger partial charge in [-0.2, -0.15) is 5.10 Å². The monoisotopic (exact) mass is 380 g/mol. The summed E-state index contributed by atoms with van der Waals surface area (Å²) in [7, 11) is 1.90. The van der Waals surface area contributed by atoms with E-state index in [1.807, 2.05) is 23.9 Å². The van der Waals surface area contributed by atoms with Crippen molar-refractivity contribution in [1.82, 2.24) is 19.7 Å². The van der Waals surface area contributed by atoms with Gasteiger partial charge in [-0.05, 0) is 17.7 Å². The van der Waals surface area contributed by atoms with E-state index in [-0.39, 0.29) is 24.8 Å². The molecule has 3 heterocycles. The van der Waals surface area contributed by atoms with Crippen LogP contribution in [0.15, 0.2) is 48.7 Å². The first-order chi connectivity index (χ1) is 13.6. The number of nitrogens with zero attached hydrogens (tertiary/aromatic N) is 4. The zero-order valence-corrected chi connectivity index (χ0v) is 15.6. The second kappa shape index (κ2) is 7.80. The highest BCUT2D eigenvalue weighted by Crippen LogP contribution is 2.24. The Morgan fingerprint density at radius 1 is 1.21 bits per heavy atom. The summed E-state index contributed by atoms with van der Waals surface area (Å²) >= 11 is 0. The Morgan fingerprint density at radius 2 is 2.04 bits per heavy atom. The molecule has 0 saturated carbocycles. The molecule has 4 rings (SSSR count). The van der Waals surface area contributed by atoms with E-state index >= 15 is 0 Å². The van der Waals surface area contributed by atoms with E-state index in [0.29, 0.717) is 31.0 Å². The highest BCUT2D eigenvalue weighted by atomic mass is 19.1. The van der Waals surface area contributed by atoms with Gasteiger partial charge in [-0.25, -0.2) is 9.37 Å². The molecule has 0 spiro atoms. The first-order valence-electron chi connectivity index (χ1n) is 9.20. The molecule has 0 unspecified atom stereocenters. The fourth-order valence-electron chi connectivity index (χ4n) is 3.49. The van der Waals surface area contributed by atoms with Crippen LogP contribution in [-0.4, -0.2) is 32.1 Å². The lowest BCUT2D eigenvalue weighted by Crippen LogP contribution is -2.37. The van der Waals surface area contributed by atoms with Gasteiger partial charge < -0.3 is 9.64 Å². The van der Waals surface area contributed by atoms with Crippen molar-refractivity contribution >= 4 is 5.91 Å². The highest BCUT2D eigenvalue weighted by Gasteiger charge is 2.27. The second-order valence-corrected chi connectivity index (χ2v) is 6.79. The molecule has 3 aromatic rings. The largest absolute Gasteiger partial charge is 0.471 e. The molecule has 28 heavy (non-hydrogen) atoms. The average molecular weight is 380 g/mol. The van der Waals surface area contributed by atoms with Crippen molar-refractivity contribution in [1.29, 1.82) is 0 Å². The molecule has 1 aromatic carbocycles. The second-order valence-electron chi connectivity index (χ2n) is 6.79. The number of halogens is 1. The smallest absolute Gasteiger partial charge is 0.227 e.